The molecule has 0 aromatic heterocycles. The highest BCUT2D eigenvalue weighted by Gasteiger charge is 2.32. The van der Waals surface area contributed by atoms with Gasteiger partial charge >= 0.3 is 6.18 Å². The van der Waals surface area contributed by atoms with Crippen LogP contribution in [0.2, 0.25) is 0 Å². The molecule has 1 aliphatic heterocycles. The monoisotopic (exact) mass is 437 g/mol. The minimum absolute atomic E-state index is 0.214. The Kier molecular flexibility index (Phi) is 7.14. The van der Waals surface area contributed by atoms with Gasteiger partial charge < -0.3 is 10.1 Å². The average Bonchev–Trinajstić information content (AvgIpc) is 3.24. The molecule has 1 aliphatic rings. The van der Waals surface area contributed by atoms with Gasteiger partial charge in [-0.15, -0.1) is 11.8 Å². The van der Waals surface area contributed by atoms with Crippen molar-refractivity contribution in [2.45, 2.75) is 49.3 Å². The lowest BCUT2D eigenvalue weighted by Crippen LogP contribution is -2.37. The second kappa shape index (κ2) is 9.43. The van der Waals surface area contributed by atoms with Crippen LogP contribution in [0.4, 0.5) is 13.2 Å². The van der Waals surface area contributed by atoms with Gasteiger partial charge in [0.15, 0.2) is 0 Å². The Morgan fingerprint density at radius 3 is 2.57 bits per heavy atom. The number of benzene rings is 2. The smallest absolute Gasteiger partial charge is 0.377 e. The van der Waals surface area contributed by atoms with Crippen molar-refractivity contribution < 1.29 is 22.7 Å². The maximum Gasteiger partial charge on any atom is 0.416 e. The minimum atomic E-state index is -4.39. The Morgan fingerprint density at radius 2 is 1.87 bits per heavy atom. The average molecular weight is 438 g/mol. The lowest BCUT2D eigenvalue weighted by molar-refractivity contribution is -0.137. The molecule has 0 bridgehead atoms. The summed E-state index contributed by atoms with van der Waals surface area (Å²) in [6.45, 7) is 4.65. The number of carbonyl (C=O) groups is 1. The van der Waals surface area contributed by atoms with E-state index in [0.29, 0.717) is 11.1 Å². The van der Waals surface area contributed by atoms with Gasteiger partial charge in [0.2, 0.25) is 0 Å². The molecule has 7 heteroatoms. The van der Waals surface area contributed by atoms with Crippen molar-refractivity contribution in [1.29, 1.82) is 0 Å². The molecule has 162 valence electrons. The Balaban J connectivity index is 1.66. The van der Waals surface area contributed by atoms with Gasteiger partial charge in [-0.3, -0.25) is 4.79 Å². The number of nitrogens with one attached hydrogen (secondary N) is 1. The van der Waals surface area contributed by atoms with Crippen LogP contribution < -0.4 is 5.32 Å². The first-order valence-electron chi connectivity index (χ1n) is 9.96. The Morgan fingerprint density at radius 1 is 1.13 bits per heavy atom. The number of amides is 1. The molecule has 30 heavy (non-hydrogen) atoms. The van der Waals surface area contributed by atoms with Crippen LogP contribution in [-0.4, -0.2) is 30.9 Å². The summed E-state index contributed by atoms with van der Waals surface area (Å²) in [5.41, 5.74) is -0.245. The molecular weight excluding hydrogens is 411 g/mol. The second-order valence-corrected chi connectivity index (χ2v) is 9.15. The van der Waals surface area contributed by atoms with E-state index in [0.717, 1.165) is 42.2 Å². The Labute approximate surface area is 179 Å². The summed E-state index contributed by atoms with van der Waals surface area (Å²) in [6.07, 6.45) is -2.08. The zero-order valence-electron chi connectivity index (χ0n) is 17.1. The molecule has 1 unspecified atom stereocenters. The molecule has 1 amide bonds. The lowest BCUT2D eigenvalue weighted by atomic mass is 9.83. The summed E-state index contributed by atoms with van der Waals surface area (Å²) >= 11 is 1.60. The van der Waals surface area contributed by atoms with Crippen LogP contribution in [-0.2, 0) is 16.3 Å². The van der Waals surface area contributed by atoms with E-state index in [1.54, 1.807) is 23.9 Å². The Bertz CT molecular complexity index is 877. The highest BCUT2D eigenvalue weighted by atomic mass is 32.2. The maximum absolute atomic E-state index is 13.0. The molecule has 1 atom stereocenters. The second-order valence-electron chi connectivity index (χ2n) is 8.09. The first-order chi connectivity index (χ1) is 14.2. The quantitative estimate of drug-likeness (QED) is 0.566. The van der Waals surface area contributed by atoms with E-state index in [-0.39, 0.29) is 18.6 Å². The molecular formula is C23H26F3NO2S. The van der Waals surface area contributed by atoms with E-state index in [2.05, 4.69) is 5.32 Å². The largest absolute Gasteiger partial charge is 0.416 e. The van der Waals surface area contributed by atoms with Crippen LogP contribution >= 0.6 is 11.8 Å². The topological polar surface area (TPSA) is 38.3 Å². The predicted octanol–water partition coefficient (Wildman–Crippen LogP) is 5.68. The molecule has 1 heterocycles. The zero-order chi connectivity index (χ0) is 21.8. The van der Waals surface area contributed by atoms with Gasteiger partial charge in [0.25, 0.3) is 5.91 Å². The summed E-state index contributed by atoms with van der Waals surface area (Å²) in [7, 11) is 0. The Hall–Kier alpha value is -1.99. The number of ether oxygens (including phenoxy) is 1. The van der Waals surface area contributed by atoms with E-state index in [1.165, 1.54) is 6.07 Å². The molecule has 3 nitrogen and oxygen atoms in total. The fourth-order valence-electron chi connectivity index (χ4n) is 3.35. The molecule has 0 spiro atoms. The predicted molar refractivity (Wildman–Crippen MR) is 113 cm³/mol. The number of alkyl halides is 3. The third-order valence-electron chi connectivity index (χ3n) is 5.24. The van der Waals surface area contributed by atoms with Crippen molar-refractivity contribution in [3.63, 3.8) is 0 Å². The molecule has 0 saturated carbocycles. The minimum Gasteiger partial charge on any atom is -0.377 e. The van der Waals surface area contributed by atoms with Crippen LogP contribution in [0.5, 0.6) is 0 Å². The van der Waals surface area contributed by atoms with Gasteiger partial charge in [-0.25, -0.2) is 0 Å². The zero-order valence-corrected chi connectivity index (χ0v) is 17.9. The van der Waals surface area contributed by atoms with Gasteiger partial charge in [-0.05, 0) is 36.6 Å². The van der Waals surface area contributed by atoms with E-state index < -0.39 is 17.2 Å². The van der Waals surface area contributed by atoms with E-state index in [1.807, 2.05) is 32.0 Å². The van der Waals surface area contributed by atoms with Crippen molar-refractivity contribution in [1.82, 2.24) is 5.32 Å². The van der Waals surface area contributed by atoms with Crippen LogP contribution in [0.1, 0.15) is 48.2 Å². The molecule has 0 aliphatic carbocycles. The lowest BCUT2D eigenvalue weighted by Gasteiger charge is -2.26. The summed E-state index contributed by atoms with van der Waals surface area (Å²) in [5, 5.41) is 2.90. The van der Waals surface area contributed by atoms with Crippen LogP contribution in [0.25, 0.3) is 0 Å². The number of rotatable bonds is 7. The van der Waals surface area contributed by atoms with Crippen LogP contribution in [0.15, 0.2) is 53.4 Å². The summed E-state index contributed by atoms with van der Waals surface area (Å²) in [6, 6.07) is 12.6. The number of hydrogen-bond donors (Lipinski definition) is 1. The molecule has 2 aromatic carbocycles. The van der Waals surface area contributed by atoms with Gasteiger partial charge in [-0.1, -0.05) is 44.2 Å². The molecule has 1 fully saturated rings. The molecule has 1 saturated heterocycles. The number of halogens is 3. The molecule has 1 N–H and O–H groups in total. The standard InChI is InChI=1S/C23H26F3NO2S/c1-22(2,16-7-5-8-17(13-16)23(24,25)26)15-27-21(28)19-10-3-4-11-20(19)30-14-18-9-6-12-29-18/h3-5,7-8,10-11,13,18H,6,9,12,14-15H2,1-2H3,(H,27,28). The molecule has 0 radical (unpaired) electrons. The van der Waals surface area contributed by atoms with E-state index in [9.17, 15) is 18.0 Å². The van der Waals surface area contributed by atoms with Crippen molar-refractivity contribution >= 4 is 17.7 Å². The van der Waals surface area contributed by atoms with Gasteiger partial charge in [0.05, 0.1) is 17.2 Å². The van der Waals surface area contributed by atoms with Crippen molar-refractivity contribution in [2.75, 3.05) is 18.9 Å². The number of hydrogen-bond acceptors (Lipinski definition) is 3. The fourth-order valence-corrected chi connectivity index (χ4v) is 4.47. The normalized spacial score (nSPS) is 17.2. The summed E-state index contributed by atoms with van der Waals surface area (Å²) < 4.78 is 44.8. The fraction of sp³-hybridized carbons (Fsp3) is 0.435. The highest BCUT2D eigenvalue weighted by Crippen LogP contribution is 2.33. The number of carbonyl (C=O) groups excluding carboxylic acids is 1. The summed E-state index contributed by atoms with van der Waals surface area (Å²) in [5.74, 6) is 0.561. The van der Waals surface area contributed by atoms with E-state index >= 15 is 0 Å². The first kappa shape index (κ1) is 22.7. The van der Waals surface area contributed by atoms with Crippen molar-refractivity contribution in [2.24, 2.45) is 0 Å². The van der Waals surface area contributed by atoms with Crippen molar-refractivity contribution in [3.05, 3.63) is 65.2 Å². The molecule has 3 rings (SSSR count). The van der Waals surface area contributed by atoms with E-state index in [4.69, 9.17) is 4.74 Å². The van der Waals surface area contributed by atoms with Gasteiger partial charge in [0, 0.05) is 29.2 Å². The molecule has 2 aromatic rings. The maximum atomic E-state index is 13.0. The van der Waals surface area contributed by atoms with Gasteiger partial charge in [-0.2, -0.15) is 13.2 Å². The first-order valence-corrected chi connectivity index (χ1v) is 10.9. The SMILES string of the molecule is CC(C)(CNC(=O)c1ccccc1SCC1CCCO1)c1cccc(C(F)(F)F)c1. The van der Waals surface area contributed by atoms with Crippen LogP contribution in [0.3, 0.4) is 0 Å². The van der Waals surface area contributed by atoms with Crippen molar-refractivity contribution in [3.8, 4) is 0 Å². The third kappa shape index (κ3) is 5.79. The highest BCUT2D eigenvalue weighted by molar-refractivity contribution is 7.99. The third-order valence-corrected chi connectivity index (χ3v) is 6.45. The van der Waals surface area contributed by atoms with Crippen LogP contribution in [0, 0.1) is 0 Å². The number of thioether (sulfide) groups is 1. The summed E-state index contributed by atoms with van der Waals surface area (Å²) in [4.78, 5) is 13.7. The van der Waals surface area contributed by atoms with Gasteiger partial charge in [0.1, 0.15) is 0 Å².